The van der Waals surface area contributed by atoms with Crippen molar-refractivity contribution in [3.63, 3.8) is 0 Å². The molecule has 0 radical (unpaired) electrons. The number of halogens is 2. The Labute approximate surface area is 87.5 Å². The SMILES string of the molecule is SCCNc1ccc(Cl)c(Cl)c1. The molecule has 66 valence electrons. The van der Waals surface area contributed by atoms with Crippen LogP contribution in [0, 0.1) is 0 Å². The van der Waals surface area contributed by atoms with Gasteiger partial charge >= 0.3 is 0 Å². The van der Waals surface area contributed by atoms with E-state index in [0.29, 0.717) is 10.0 Å². The van der Waals surface area contributed by atoms with Gasteiger partial charge in [-0.3, -0.25) is 0 Å². The number of benzene rings is 1. The lowest BCUT2D eigenvalue weighted by Crippen LogP contribution is -2.01. The zero-order chi connectivity index (χ0) is 8.97. The third-order valence-electron chi connectivity index (χ3n) is 1.36. The van der Waals surface area contributed by atoms with Crippen molar-refractivity contribution in [1.82, 2.24) is 0 Å². The fourth-order valence-electron chi connectivity index (χ4n) is 0.806. The largest absolute Gasteiger partial charge is 0.384 e. The van der Waals surface area contributed by atoms with E-state index in [1.165, 1.54) is 0 Å². The van der Waals surface area contributed by atoms with Gasteiger partial charge in [-0.15, -0.1) is 0 Å². The number of hydrogen-bond acceptors (Lipinski definition) is 2. The summed E-state index contributed by atoms with van der Waals surface area (Å²) in [6, 6.07) is 5.45. The van der Waals surface area contributed by atoms with Crippen molar-refractivity contribution in [2.24, 2.45) is 0 Å². The van der Waals surface area contributed by atoms with Gasteiger partial charge in [-0.2, -0.15) is 12.6 Å². The average molecular weight is 222 g/mol. The summed E-state index contributed by atoms with van der Waals surface area (Å²) >= 11 is 15.6. The molecule has 0 bridgehead atoms. The third kappa shape index (κ3) is 2.77. The quantitative estimate of drug-likeness (QED) is 0.747. The Hall–Kier alpha value is -0.0500. The van der Waals surface area contributed by atoms with Crippen molar-refractivity contribution in [2.75, 3.05) is 17.6 Å². The van der Waals surface area contributed by atoms with Crippen LogP contribution in [-0.2, 0) is 0 Å². The molecule has 1 rings (SSSR count). The summed E-state index contributed by atoms with van der Waals surface area (Å²) < 4.78 is 0. The maximum atomic E-state index is 5.80. The lowest BCUT2D eigenvalue weighted by atomic mass is 10.3. The summed E-state index contributed by atoms with van der Waals surface area (Å²) in [7, 11) is 0. The van der Waals surface area contributed by atoms with E-state index in [0.717, 1.165) is 18.0 Å². The van der Waals surface area contributed by atoms with Gasteiger partial charge in [-0.1, -0.05) is 23.2 Å². The Morgan fingerprint density at radius 1 is 1.25 bits per heavy atom. The van der Waals surface area contributed by atoms with Gasteiger partial charge in [-0.25, -0.2) is 0 Å². The zero-order valence-corrected chi connectivity index (χ0v) is 8.76. The second-order valence-corrected chi connectivity index (χ2v) is 3.54. The molecule has 0 heterocycles. The minimum absolute atomic E-state index is 0.570. The normalized spacial score (nSPS) is 9.92. The Balaban J connectivity index is 2.69. The smallest absolute Gasteiger partial charge is 0.0612 e. The van der Waals surface area contributed by atoms with Gasteiger partial charge in [0, 0.05) is 18.0 Å². The highest BCUT2D eigenvalue weighted by molar-refractivity contribution is 7.80. The third-order valence-corrected chi connectivity index (χ3v) is 2.32. The maximum Gasteiger partial charge on any atom is 0.0612 e. The van der Waals surface area contributed by atoms with Crippen LogP contribution < -0.4 is 5.32 Å². The Morgan fingerprint density at radius 2 is 2.00 bits per heavy atom. The number of rotatable bonds is 3. The zero-order valence-electron chi connectivity index (χ0n) is 6.35. The van der Waals surface area contributed by atoms with Crippen molar-refractivity contribution in [3.8, 4) is 0 Å². The highest BCUT2D eigenvalue weighted by Crippen LogP contribution is 2.24. The van der Waals surface area contributed by atoms with E-state index in [4.69, 9.17) is 23.2 Å². The molecule has 0 aliphatic rings. The number of anilines is 1. The molecular weight excluding hydrogens is 213 g/mol. The number of thiol groups is 1. The minimum atomic E-state index is 0.570. The molecule has 0 atom stereocenters. The Kier molecular flexibility index (Phi) is 4.06. The highest BCUT2D eigenvalue weighted by atomic mass is 35.5. The molecule has 0 fully saturated rings. The van der Waals surface area contributed by atoms with Crippen LogP contribution in [0.25, 0.3) is 0 Å². The van der Waals surface area contributed by atoms with Gasteiger partial charge in [0.25, 0.3) is 0 Å². The molecule has 1 aromatic rings. The van der Waals surface area contributed by atoms with Crippen LogP contribution in [0.4, 0.5) is 5.69 Å². The predicted octanol–water partition coefficient (Wildman–Crippen LogP) is 3.34. The molecule has 0 aromatic heterocycles. The topological polar surface area (TPSA) is 12.0 Å². The van der Waals surface area contributed by atoms with E-state index in [1.807, 2.05) is 6.07 Å². The molecule has 0 saturated carbocycles. The molecule has 0 spiro atoms. The molecular formula is C8H9Cl2NS. The highest BCUT2D eigenvalue weighted by Gasteiger charge is 1.97. The molecule has 0 aliphatic carbocycles. The standard InChI is InChI=1S/C8H9Cl2NS/c9-7-2-1-6(5-8(7)10)11-3-4-12/h1-2,5,11-12H,3-4H2. The van der Waals surface area contributed by atoms with Crippen LogP contribution in [0.15, 0.2) is 18.2 Å². The van der Waals surface area contributed by atoms with Gasteiger partial charge in [0.1, 0.15) is 0 Å². The average Bonchev–Trinajstić information content (AvgIpc) is 2.07. The molecule has 1 nitrogen and oxygen atoms in total. The summed E-state index contributed by atoms with van der Waals surface area (Å²) in [6.45, 7) is 0.821. The summed E-state index contributed by atoms with van der Waals surface area (Å²) in [5, 5.41) is 4.29. The Bertz CT molecular complexity index is 265. The minimum Gasteiger partial charge on any atom is -0.384 e. The van der Waals surface area contributed by atoms with E-state index in [9.17, 15) is 0 Å². The summed E-state index contributed by atoms with van der Waals surface area (Å²) in [4.78, 5) is 0. The molecule has 1 N–H and O–H groups in total. The molecule has 0 amide bonds. The van der Waals surface area contributed by atoms with Crippen LogP contribution in [0.2, 0.25) is 10.0 Å². The second kappa shape index (κ2) is 4.85. The predicted molar refractivity (Wildman–Crippen MR) is 58.8 cm³/mol. The van der Waals surface area contributed by atoms with Crippen LogP contribution in [-0.4, -0.2) is 12.3 Å². The van der Waals surface area contributed by atoms with Gasteiger partial charge in [-0.05, 0) is 18.2 Å². The molecule has 12 heavy (non-hydrogen) atoms. The number of nitrogens with one attached hydrogen (secondary N) is 1. The van der Waals surface area contributed by atoms with Crippen molar-refractivity contribution in [3.05, 3.63) is 28.2 Å². The van der Waals surface area contributed by atoms with Crippen molar-refractivity contribution in [2.45, 2.75) is 0 Å². The van der Waals surface area contributed by atoms with E-state index in [-0.39, 0.29) is 0 Å². The Morgan fingerprint density at radius 3 is 2.58 bits per heavy atom. The maximum absolute atomic E-state index is 5.80. The summed E-state index contributed by atoms with van der Waals surface area (Å²) in [6.07, 6.45) is 0. The first kappa shape index (κ1) is 10.0. The first-order valence-electron chi connectivity index (χ1n) is 3.54. The lowest BCUT2D eigenvalue weighted by Gasteiger charge is -2.04. The first-order valence-corrected chi connectivity index (χ1v) is 4.92. The molecule has 4 heteroatoms. The van der Waals surface area contributed by atoms with Crippen molar-refractivity contribution >= 4 is 41.5 Å². The summed E-state index contributed by atoms with van der Waals surface area (Å²) in [5.74, 6) is 0.792. The molecule has 1 aromatic carbocycles. The first-order chi connectivity index (χ1) is 5.74. The van der Waals surface area contributed by atoms with Gasteiger partial charge < -0.3 is 5.32 Å². The molecule has 0 unspecified atom stereocenters. The van der Waals surface area contributed by atoms with E-state index < -0.39 is 0 Å². The second-order valence-electron chi connectivity index (χ2n) is 2.28. The van der Waals surface area contributed by atoms with Crippen LogP contribution in [0.1, 0.15) is 0 Å². The van der Waals surface area contributed by atoms with Gasteiger partial charge in [0.05, 0.1) is 10.0 Å². The lowest BCUT2D eigenvalue weighted by molar-refractivity contribution is 1.23. The molecule has 0 aliphatic heterocycles. The number of hydrogen-bond donors (Lipinski definition) is 2. The van der Waals surface area contributed by atoms with Crippen LogP contribution in [0.3, 0.4) is 0 Å². The van der Waals surface area contributed by atoms with Gasteiger partial charge in [0.2, 0.25) is 0 Å². The van der Waals surface area contributed by atoms with Crippen molar-refractivity contribution in [1.29, 1.82) is 0 Å². The summed E-state index contributed by atoms with van der Waals surface area (Å²) in [5.41, 5.74) is 0.971. The monoisotopic (exact) mass is 221 g/mol. The van der Waals surface area contributed by atoms with Crippen molar-refractivity contribution < 1.29 is 0 Å². The fraction of sp³-hybridized carbons (Fsp3) is 0.250. The van der Waals surface area contributed by atoms with Gasteiger partial charge in [0.15, 0.2) is 0 Å². The fourth-order valence-corrected chi connectivity index (χ4v) is 1.22. The van der Waals surface area contributed by atoms with E-state index >= 15 is 0 Å². The van der Waals surface area contributed by atoms with Crippen LogP contribution >= 0.6 is 35.8 Å². The van der Waals surface area contributed by atoms with Crippen LogP contribution in [0.5, 0.6) is 0 Å². The van der Waals surface area contributed by atoms with E-state index in [1.54, 1.807) is 12.1 Å². The molecule has 0 saturated heterocycles. The van der Waals surface area contributed by atoms with E-state index in [2.05, 4.69) is 17.9 Å².